The fraction of sp³-hybridized carbons (Fsp3) is 0.238. The summed E-state index contributed by atoms with van der Waals surface area (Å²) >= 11 is 0. The number of para-hydroxylation sites is 1. The van der Waals surface area contributed by atoms with Gasteiger partial charge in [-0.25, -0.2) is 14.5 Å². The van der Waals surface area contributed by atoms with Crippen LogP contribution in [0, 0.1) is 0 Å². The van der Waals surface area contributed by atoms with Crippen LogP contribution in [0.2, 0.25) is 0 Å². The molecule has 2 aromatic heterocycles. The minimum Gasteiger partial charge on any atom is -0.497 e. The monoisotopic (exact) mass is 756 g/mol. The van der Waals surface area contributed by atoms with Crippen LogP contribution in [-0.4, -0.2) is 96.3 Å². The molecule has 2 N–H and O–H groups in total. The molecule has 2 atom stereocenters. The van der Waals surface area contributed by atoms with Gasteiger partial charge in [-0.05, 0) is 54.1 Å². The third-order valence-corrected chi connectivity index (χ3v) is 11.1. The molecule has 6 aromatic rings. The van der Waals surface area contributed by atoms with E-state index in [-0.39, 0.29) is 34.3 Å². The summed E-state index contributed by atoms with van der Waals surface area (Å²) in [6.45, 7) is 1.79. The van der Waals surface area contributed by atoms with Crippen LogP contribution < -0.4 is 28.7 Å². The number of methoxy groups -OCH3 is 4. The molecule has 2 saturated heterocycles. The van der Waals surface area contributed by atoms with Gasteiger partial charge in [-0.3, -0.25) is 15.1 Å². The maximum Gasteiger partial charge on any atom is 0.472 e. The molecule has 2 aliphatic heterocycles. The summed E-state index contributed by atoms with van der Waals surface area (Å²) in [5.74, 6) is 2.44. The quantitative estimate of drug-likeness (QED) is 0.120. The number of hydrogen-bond acceptors (Lipinski definition) is 8. The largest absolute Gasteiger partial charge is 0.497 e. The van der Waals surface area contributed by atoms with Crippen LogP contribution in [0.4, 0.5) is 21.0 Å². The Balaban J connectivity index is 1.28. The molecular formula is C42H44N8O6+2. The molecule has 14 nitrogen and oxygen atoms in total. The normalized spacial score (nSPS) is 19.4. The first-order valence-corrected chi connectivity index (χ1v) is 18.3. The lowest BCUT2D eigenvalue weighted by molar-refractivity contribution is -1.43. The van der Waals surface area contributed by atoms with Crippen LogP contribution >= 0.6 is 0 Å². The lowest BCUT2D eigenvalue weighted by atomic mass is 10.1. The number of carbonyl (C=O) groups excluding carboxylic acids is 2. The number of amides is 4. The number of anilines is 2. The van der Waals surface area contributed by atoms with Gasteiger partial charge in [0.25, 0.3) is 0 Å². The summed E-state index contributed by atoms with van der Waals surface area (Å²) in [6, 6.07) is 26.5. The Hall–Kier alpha value is -6.64. The van der Waals surface area contributed by atoms with Gasteiger partial charge >= 0.3 is 12.1 Å². The Kier molecular flexibility index (Phi) is 9.66. The van der Waals surface area contributed by atoms with E-state index in [0.717, 1.165) is 33.4 Å². The highest BCUT2D eigenvalue weighted by atomic mass is 16.5. The Bertz CT molecular complexity index is 2370. The maximum absolute atomic E-state index is 15.7. The van der Waals surface area contributed by atoms with E-state index in [4.69, 9.17) is 18.9 Å². The minimum atomic E-state index is -0.228. The number of rotatable bonds is 13. The molecule has 0 spiro atoms. The highest BCUT2D eigenvalue weighted by Crippen LogP contribution is 2.45. The van der Waals surface area contributed by atoms with Crippen molar-refractivity contribution in [3.63, 3.8) is 0 Å². The number of H-pyrrole nitrogens is 2. The molecular weight excluding hydrogens is 713 g/mol. The first kappa shape index (κ1) is 36.3. The number of ether oxygens (including phenoxy) is 4. The van der Waals surface area contributed by atoms with Crippen molar-refractivity contribution in [3.8, 4) is 45.3 Å². The summed E-state index contributed by atoms with van der Waals surface area (Å²) in [7, 11) is 6.45. The zero-order valence-electron chi connectivity index (χ0n) is 31.8. The molecule has 2 aliphatic rings. The number of quaternary nitrogens is 2. The van der Waals surface area contributed by atoms with Crippen LogP contribution in [0.15, 0.2) is 110 Å². The third kappa shape index (κ3) is 6.08. The predicted molar refractivity (Wildman–Crippen MR) is 210 cm³/mol. The number of hydrogen-bond donors (Lipinski definition) is 2. The molecule has 4 heterocycles. The smallest absolute Gasteiger partial charge is 0.472 e. The number of benzene rings is 4. The summed E-state index contributed by atoms with van der Waals surface area (Å²) in [5.41, 5.74) is 6.44. The number of nitrogens with one attached hydrogen (secondary N) is 2. The van der Waals surface area contributed by atoms with E-state index in [9.17, 15) is 0 Å². The third-order valence-electron chi connectivity index (χ3n) is 11.1. The Morgan fingerprint density at radius 1 is 0.625 bits per heavy atom. The van der Waals surface area contributed by atoms with Crippen molar-refractivity contribution in [2.75, 3.05) is 64.4 Å². The second-order valence-electron chi connectivity index (χ2n) is 13.9. The molecule has 8 rings (SSSR count). The molecule has 4 amide bonds. The van der Waals surface area contributed by atoms with Gasteiger partial charge in [0.15, 0.2) is 26.2 Å². The van der Waals surface area contributed by atoms with Gasteiger partial charge in [-0.1, -0.05) is 39.5 Å². The Morgan fingerprint density at radius 2 is 1.32 bits per heavy atom. The van der Waals surface area contributed by atoms with Crippen molar-refractivity contribution in [3.05, 3.63) is 121 Å². The maximum atomic E-state index is 15.7. The highest BCUT2D eigenvalue weighted by Gasteiger charge is 2.70. The molecule has 286 valence electrons. The van der Waals surface area contributed by atoms with Gasteiger partial charge < -0.3 is 18.9 Å². The fourth-order valence-electron chi connectivity index (χ4n) is 8.26. The van der Waals surface area contributed by atoms with Crippen molar-refractivity contribution in [1.82, 2.24) is 20.4 Å². The molecule has 0 aliphatic carbocycles. The van der Waals surface area contributed by atoms with E-state index in [2.05, 4.69) is 20.4 Å². The number of aromatic amines is 2. The van der Waals surface area contributed by atoms with Gasteiger partial charge in [0.05, 0.1) is 70.9 Å². The average Bonchev–Trinajstić information content (AvgIpc) is 4.08. The molecule has 14 heteroatoms. The molecule has 0 radical (unpaired) electrons. The topological polar surface area (TPSA) is 135 Å². The molecule has 2 fully saturated rings. The summed E-state index contributed by atoms with van der Waals surface area (Å²) in [5, 5.41) is 13.9. The Labute approximate surface area is 324 Å². The summed E-state index contributed by atoms with van der Waals surface area (Å²) < 4.78 is 22.8. The van der Waals surface area contributed by atoms with Crippen LogP contribution in [0.25, 0.3) is 22.3 Å². The minimum absolute atomic E-state index is 0.198. The zero-order valence-corrected chi connectivity index (χ0v) is 31.8. The molecule has 4 aromatic carbocycles. The van der Waals surface area contributed by atoms with E-state index in [1.54, 1.807) is 56.8 Å². The Morgan fingerprint density at radius 3 is 2.04 bits per heavy atom. The summed E-state index contributed by atoms with van der Waals surface area (Å²) in [4.78, 5) is 35.0. The number of urea groups is 2. The van der Waals surface area contributed by atoms with E-state index in [0.29, 0.717) is 60.6 Å². The average molecular weight is 757 g/mol. The van der Waals surface area contributed by atoms with Crippen molar-refractivity contribution < 1.29 is 37.7 Å². The number of aromatic nitrogens is 4. The van der Waals surface area contributed by atoms with Crippen LogP contribution in [0.3, 0.4) is 0 Å². The second-order valence-corrected chi connectivity index (χ2v) is 13.9. The van der Waals surface area contributed by atoms with E-state index in [1.807, 2.05) is 91.1 Å². The van der Waals surface area contributed by atoms with Gasteiger partial charge in [-0.15, -0.1) is 0 Å². The van der Waals surface area contributed by atoms with Gasteiger partial charge in [0.1, 0.15) is 23.0 Å². The lowest BCUT2D eigenvalue weighted by Crippen LogP contribution is -2.74. The van der Waals surface area contributed by atoms with Crippen molar-refractivity contribution >= 4 is 23.4 Å². The van der Waals surface area contributed by atoms with E-state index >= 15 is 9.59 Å². The lowest BCUT2D eigenvalue weighted by Gasteiger charge is -2.44. The molecule has 2 unspecified atom stereocenters. The highest BCUT2D eigenvalue weighted by molar-refractivity contribution is 5.94. The van der Waals surface area contributed by atoms with Gasteiger partial charge in [0, 0.05) is 40.7 Å². The van der Waals surface area contributed by atoms with Gasteiger partial charge in [0.2, 0.25) is 0 Å². The van der Waals surface area contributed by atoms with Crippen molar-refractivity contribution in [1.29, 1.82) is 0 Å². The van der Waals surface area contributed by atoms with Crippen LogP contribution in [-0.2, 0) is 13.1 Å². The molecule has 0 saturated carbocycles. The van der Waals surface area contributed by atoms with Crippen LogP contribution in [0.1, 0.15) is 11.1 Å². The SMILES string of the molecule is COc1cccc(C[N+]2([N+]3(Cc4ccccc4OC)CCN(c4ccc(-c5cn[nH]c5)c(OC)c4)C3=O)CCN(c3ccc(-c4cn[nH]c4)cc3OC)C2=O)c1. The fourth-order valence-corrected chi connectivity index (χ4v) is 8.26. The number of carbonyl (C=O) groups is 2. The molecule has 56 heavy (non-hydrogen) atoms. The first-order chi connectivity index (χ1) is 27.3. The standard InChI is InChI=1S/C42H44N8O6/c1-53-35-10-7-8-29(20-35)27-49(19-17-48(42(49)52)37-15-12-30(21-40(37)56-4)32-23-43-44-24-32)50(28-31-9-5-6-11-38(31)54-2)18-16-47(41(50)51)34-13-14-36(39(22-34)55-3)33-25-45-46-26-33/h5-15,20-26H,16-19,27-28H2,1-4H3,(H,43,44)(H,45,46)/q+2. The van der Waals surface area contributed by atoms with Crippen molar-refractivity contribution in [2.45, 2.75) is 13.1 Å². The summed E-state index contributed by atoms with van der Waals surface area (Å²) in [6.07, 6.45) is 7.07. The van der Waals surface area contributed by atoms with E-state index in [1.165, 1.54) is 0 Å². The second kappa shape index (κ2) is 14.9. The van der Waals surface area contributed by atoms with Crippen LogP contribution in [0.5, 0.6) is 23.0 Å². The van der Waals surface area contributed by atoms with Gasteiger partial charge in [-0.2, -0.15) is 10.2 Å². The van der Waals surface area contributed by atoms with Crippen molar-refractivity contribution in [2.24, 2.45) is 0 Å². The van der Waals surface area contributed by atoms with E-state index < -0.39 is 0 Å². The molecule has 0 bridgehead atoms. The zero-order chi connectivity index (χ0) is 38.9. The predicted octanol–water partition coefficient (Wildman–Crippen LogP) is 7.03. The number of nitrogens with zero attached hydrogens (tertiary/aromatic N) is 6. The first-order valence-electron chi connectivity index (χ1n) is 18.3.